The van der Waals surface area contributed by atoms with E-state index in [1.54, 1.807) is 30.3 Å². The van der Waals surface area contributed by atoms with Crippen LogP contribution in [0.2, 0.25) is 0 Å². The van der Waals surface area contributed by atoms with Gasteiger partial charge in [-0.1, -0.05) is 30.0 Å². The van der Waals surface area contributed by atoms with Gasteiger partial charge < -0.3 is 149 Å². The fourth-order valence-electron chi connectivity index (χ4n) is 8.71. The van der Waals surface area contributed by atoms with E-state index in [-0.39, 0.29) is 0 Å². The summed E-state index contributed by atoms with van der Waals surface area (Å²) in [6, 6.07) is 8.71. The molecular formula is C42H66O30S. The Hall–Kier alpha value is -1.63. The van der Waals surface area contributed by atoms with Crippen molar-refractivity contribution in [3.8, 4) is 0 Å². The molecule has 19 N–H and O–H groups in total. The first kappa shape index (κ1) is 59.0. The largest absolute Gasteiger partial charge is 0.394 e. The van der Waals surface area contributed by atoms with Crippen molar-refractivity contribution in [2.45, 2.75) is 188 Å². The van der Waals surface area contributed by atoms with E-state index in [4.69, 9.17) is 52.1 Å². The topological polar surface area (TPSA) is 486 Å². The molecule has 0 spiro atoms. The Morgan fingerprint density at radius 2 is 0.548 bits per heavy atom. The Labute approximate surface area is 418 Å². The summed E-state index contributed by atoms with van der Waals surface area (Å²) in [6.07, 6.45) is -51.2. The zero-order chi connectivity index (χ0) is 53.2. The molecule has 0 aliphatic carbocycles. The molecule has 7 rings (SSSR count). The first-order chi connectivity index (χ1) is 34.6. The Bertz CT molecular complexity index is 1820. The molecule has 0 saturated carbocycles. The third-order valence-corrected chi connectivity index (χ3v) is 14.5. The number of ether oxygens (including phenoxy) is 11. The second-order valence-electron chi connectivity index (χ2n) is 18.4. The highest BCUT2D eigenvalue weighted by Crippen LogP contribution is 2.35. The molecule has 0 radical (unpaired) electrons. The van der Waals surface area contributed by atoms with Crippen LogP contribution in [0.4, 0.5) is 0 Å². The van der Waals surface area contributed by atoms with Crippen LogP contribution in [0, 0.1) is 0 Å². The van der Waals surface area contributed by atoms with Gasteiger partial charge in [-0.2, -0.15) is 0 Å². The molecule has 73 heavy (non-hydrogen) atoms. The molecule has 5 unspecified atom stereocenters. The first-order valence-electron chi connectivity index (χ1n) is 23.2. The van der Waals surface area contributed by atoms with Gasteiger partial charge in [0, 0.05) is 4.90 Å². The van der Waals surface area contributed by atoms with E-state index < -0.39 is 223 Å². The molecule has 0 bridgehead atoms. The molecular weight excluding hydrogens is 1020 g/mol. The zero-order valence-electron chi connectivity index (χ0n) is 38.3. The molecule has 30 atom stereocenters. The lowest BCUT2D eigenvalue weighted by molar-refractivity contribution is -0.351. The number of rotatable bonds is 18. The molecule has 1 aromatic carbocycles. The van der Waals surface area contributed by atoms with Crippen molar-refractivity contribution in [1.82, 2.24) is 0 Å². The van der Waals surface area contributed by atoms with Gasteiger partial charge in [-0.3, -0.25) is 0 Å². The molecule has 6 fully saturated rings. The van der Waals surface area contributed by atoms with Crippen LogP contribution in [0.3, 0.4) is 0 Å². The van der Waals surface area contributed by atoms with E-state index in [1.807, 2.05) is 0 Å². The van der Waals surface area contributed by atoms with Crippen molar-refractivity contribution >= 4 is 11.8 Å². The lowest BCUT2D eigenvalue weighted by Crippen LogP contribution is -2.63. The summed E-state index contributed by atoms with van der Waals surface area (Å²) < 4.78 is 61.2. The van der Waals surface area contributed by atoms with Gasteiger partial charge >= 0.3 is 0 Å². The smallest absolute Gasteiger partial charge is 0.186 e. The second kappa shape index (κ2) is 25.9. The monoisotopic (exact) mass is 1080 g/mol. The minimum atomic E-state index is -2.00. The summed E-state index contributed by atoms with van der Waals surface area (Å²) in [5, 5.41) is 200. The van der Waals surface area contributed by atoms with Crippen LogP contribution in [-0.4, -0.2) is 320 Å². The molecule has 30 nitrogen and oxygen atoms in total. The van der Waals surface area contributed by atoms with Gasteiger partial charge in [0.05, 0.1) is 39.6 Å². The Morgan fingerprint density at radius 3 is 0.836 bits per heavy atom. The average Bonchev–Trinajstić information content (AvgIpc) is 3.38. The third kappa shape index (κ3) is 13.3. The molecule has 1 aromatic rings. The highest BCUT2D eigenvalue weighted by Gasteiger charge is 2.52. The summed E-state index contributed by atoms with van der Waals surface area (Å²) in [7, 11) is 0. The standard InChI is InChI=1S/C42H66O30S/c43-6-13-19(44)25(50)31(56)37(67-13)62-7-14-20(45)26(51)32(57)38(68-14)63-8-15-21(46)27(52)33(58)39(69-15)64-9-16-22(47)28(53)34(59)40(70-16)65-10-17-23(48)29(54)35(60)41(71-17)66-11-18-24(49)30(55)36(61)42(72-18)73-12-4-2-1-3-5-12/h1-5,13-61H,6-11H2/t13?,14-,15?,16?,17?,18?,19-,20-,21-,22-,23-,24-,25+,26+,27+,28+,29+,30+,31-,32-,33-,34-,35-,36-,37-,38-,39-,40-,41-,42+/m1/s1. The maximum Gasteiger partial charge on any atom is 0.186 e. The van der Waals surface area contributed by atoms with Crippen molar-refractivity contribution in [3.05, 3.63) is 30.3 Å². The van der Waals surface area contributed by atoms with Crippen LogP contribution in [0.1, 0.15) is 0 Å². The lowest BCUT2D eigenvalue weighted by Gasteiger charge is -2.45. The fraction of sp³-hybridized carbons (Fsp3) is 0.857. The molecule has 420 valence electrons. The summed E-state index contributed by atoms with van der Waals surface area (Å²) >= 11 is 1.06. The second-order valence-corrected chi connectivity index (χ2v) is 19.5. The maximum atomic E-state index is 10.8. The molecule has 6 aliphatic heterocycles. The Kier molecular flexibility index (Phi) is 20.9. The summed E-state index contributed by atoms with van der Waals surface area (Å²) in [5.41, 5.74) is -1.07. The van der Waals surface area contributed by atoms with Crippen LogP contribution in [-0.2, 0) is 52.1 Å². The summed E-state index contributed by atoms with van der Waals surface area (Å²) in [4.78, 5) is 0.671. The summed E-state index contributed by atoms with van der Waals surface area (Å²) in [6.45, 7) is -4.34. The van der Waals surface area contributed by atoms with Crippen LogP contribution in [0.5, 0.6) is 0 Å². The molecule has 31 heteroatoms. The quantitative estimate of drug-likeness (QED) is 0.0649. The summed E-state index contributed by atoms with van der Waals surface area (Å²) in [5.74, 6) is 0. The predicted octanol–water partition coefficient (Wildman–Crippen LogP) is -11.3. The number of hydrogen-bond acceptors (Lipinski definition) is 31. The van der Waals surface area contributed by atoms with E-state index in [9.17, 15) is 97.0 Å². The van der Waals surface area contributed by atoms with Gasteiger partial charge in [-0.05, 0) is 12.1 Å². The molecule has 6 aliphatic rings. The van der Waals surface area contributed by atoms with Crippen LogP contribution in [0.25, 0.3) is 0 Å². The van der Waals surface area contributed by atoms with Crippen molar-refractivity contribution in [2.24, 2.45) is 0 Å². The van der Waals surface area contributed by atoms with Gasteiger partial charge in [0.15, 0.2) is 31.5 Å². The van der Waals surface area contributed by atoms with Gasteiger partial charge in [0.1, 0.15) is 152 Å². The van der Waals surface area contributed by atoms with E-state index in [0.29, 0.717) is 4.90 Å². The van der Waals surface area contributed by atoms with Gasteiger partial charge in [-0.25, -0.2) is 0 Å². The minimum absolute atomic E-state index is 0.572. The van der Waals surface area contributed by atoms with E-state index in [0.717, 1.165) is 11.8 Å². The number of benzene rings is 1. The molecule has 6 saturated heterocycles. The fourth-order valence-corrected chi connectivity index (χ4v) is 9.79. The van der Waals surface area contributed by atoms with E-state index in [2.05, 4.69) is 0 Å². The molecule has 6 heterocycles. The lowest BCUT2D eigenvalue weighted by atomic mass is 9.97. The predicted molar refractivity (Wildman–Crippen MR) is 229 cm³/mol. The van der Waals surface area contributed by atoms with Crippen molar-refractivity contribution in [1.29, 1.82) is 0 Å². The number of aliphatic hydroxyl groups excluding tert-OH is 19. The normalized spacial score (nSPS) is 49.9. The highest BCUT2D eigenvalue weighted by atomic mass is 32.2. The third-order valence-electron chi connectivity index (χ3n) is 13.3. The van der Waals surface area contributed by atoms with Crippen LogP contribution < -0.4 is 0 Å². The van der Waals surface area contributed by atoms with E-state index in [1.165, 1.54) is 0 Å². The Balaban J connectivity index is 0.907. The van der Waals surface area contributed by atoms with Crippen molar-refractivity contribution in [3.63, 3.8) is 0 Å². The molecule has 0 amide bonds. The zero-order valence-corrected chi connectivity index (χ0v) is 39.2. The Morgan fingerprint density at radius 1 is 0.301 bits per heavy atom. The van der Waals surface area contributed by atoms with Crippen LogP contribution in [0.15, 0.2) is 35.2 Å². The van der Waals surface area contributed by atoms with Gasteiger partial charge in [0.2, 0.25) is 0 Å². The number of aliphatic hydroxyl groups is 19. The first-order valence-corrected chi connectivity index (χ1v) is 24.1. The van der Waals surface area contributed by atoms with Crippen LogP contribution >= 0.6 is 11.8 Å². The molecule has 0 aromatic heterocycles. The number of hydrogen-bond donors (Lipinski definition) is 19. The van der Waals surface area contributed by atoms with Crippen molar-refractivity contribution < 1.29 is 149 Å². The number of thioether (sulfide) groups is 1. The average molecular weight is 1080 g/mol. The van der Waals surface area contributed by atoms with Crippen molar-refractivity contribution in [2.75, 3.05) is 39.6 Å². The SMILES string of the molecule is OCC1O[C@@H](OC[C@H]2O[C@@H](OCC3O[C@@H](OCC4O[C@@H](OCC5O[C@@H](OCC6O[C@@H](Sc7ccccc7)[C@H](O)[C@@H](O)[C@@H]6O)[C@H](O)[C@@H](O)[C@@H]5O)[C@H](O)[C@@H](O)[C@@H]4O)[C@H](O)[C@@H](O)[C@@H]3O)[C@H](O)[C@@H](O)[C@@H]2O)[C@H](O)[C@@H](O)[C@@H]1O. The van der Waals surface area contributed by atoms with E-state index >= 15 is 0 Å². The minimum Gasteiger partial charge on any atom is -0.394 e. The highest BCUT2D eigenvalue weighted by molar-refractivity contribution is 7.99. The van der Waals surface area contributed by atoms with Gasteiger partial charge in [0.25, 0.3) is 0 Å². The van der Waals surface area contributed by atoms with Gasteiger partial charge in [-0.15, -0.1) is 0 Å². The maximum absolute atomic E-state index is 10.8.